The minimum atomic E-state index is 0.306. The summed E-state index contributed by atoms with van der Waals surface area (Å²) >= 11 is 11.8. The predicted octanol–water partition coefficient (Wildman–Crippen LogP) is 4.56. The Hall–Kier alpha value is -1.91. The number of halogens is 2. The normalized spacial score (nSPS) is 10.7. The highest BCUT2D eigenvalue weighted by atomic mass is 35.5. The lowest BCUT2D eigenvalue weighted by molar-refractivity contribution is 0.132. The van der Waals surface area contributed by atoms with Gasteiger partial charge in [-0.2, -0.15) is 0 Å². The molecule has 0 N–H and O–H groups in total. The second-order valence-corrected chi connectivity index (χ2v) is 5.19. The molecule has 6 heteroatoms. The highest BCUT2D eigenvalue weighted by Crippen LogP contribution is 2.27. The van der Waals surface area contributed by atoms with Gasteiger partial charge in [0.15, 0.2) is 11.5 Å². The highest BCUT2D eigenvalue weighted by Gasteiger charge is 2.03. The molecule has 0 saturated heterocycles. The molecule has 2 rings (SSSR count). The Bertz CT molecular complexity index is 674. The van der Waals surface area contributed by atoms with E-state index in [4.69, 9.17) is 37.5 Å². The molecule has 116 valence electrons. The number of oxime groups is 1. The standard InChI is InChI=1S/C16H15Cl2NO3/c1-20-15-6-4-11(8-16(15)21-2)9-19-22-10-12-3-5-13(17)14(18)7-12/h3-9H,10H2,1-2H3/b19-9+. The molecule has 0 atom stereocenters. The quantitative estimate of drug-likeness (QED) is 0.572. The average Bonchev–Trinajstić information content (AvgIpc) is 2.54. The SMILES string of the molecule is COc1ccc(/C=N/OCc2ccc(Cl)c(Cl)c2)cc1OC. The summed E-state index contributed by atoms with van der Waals surface area (Å²) in [4.78, 5) is 5.24. The fraction of sp³-hybridized carbons (Fsp3) is 0.188. The number of rotatable bonds is 6. The topological polar surface area (TPSA) is 40.0 Å². The number of benzene rings is 2. The van der Waals surface area contributed by atoms with Gasteiger partial charge in [0, 0.05) is 5.56 Å². The summed E-state index contributed by atoms with van der Waals surface area (Å²) in [6.07, 6.45) is 1.60. The molecular weight excluding hydrogens is 325 g/mol. The second kappa shape index (κ2) is 7.92. The number of hydrogen-bond acceptors (Lipinski definition) is 4. The average molecular weight is 340 g/mol. The molecule has 0 saturated carbocycles. The van der Waals surface area contributed by atoms with Gasteiger partial charge in [-0.05, 0) is 35.9 Å². The predicted molar refractivity (Wildman–Crippen MR) is 88.4 cm³/mol. The molecule has 0 amide bonds. The lowest BCUT2D eigenvalue weighted by atomic mass is 10.2. The van der Waals surface area contributed by atoms with Gasteiger partial charge in [-0.1, -0.05) is 34.4 Å². The van der Waals surface area contributed by atoms with Crippen LogP contribution in [0.5, 0.6) is 11.5 Å². The van der Waals surface area contributed by atoms with Crippen molar-refractivity contribution in [1.29, 1.82) is 0 Å². The van der Waals surface area contributed by atoms with Crippen molar-refractivity contribution in [2.24, 2.45) is 5.16 Å². The minimum Gasteiger partial charge on any atom is -0.493 e. The zero-order valence-corrected chi connectivity index (χ0v) is 13.7. The van der Waals surface area contributed by atoms with Gasteiger partial charge in [0.05, 0.1) is 30.5 Å². The second-order valence-electron chi connectivity index (χ2n) is 4.37. The maximum Gasteiger partial charge on any atom is 0.161 e. The fourth-order valence-electron chi connectivity index (χ4n) is 1.77. The summed E-state index contributed by atoms with van der Waals surface area (Å²) in [6.45, 7) is 0.306. The molecule has 0 aliphatic rings. The number of nitrogens with zero attached hydrogens (tertiary/aromatic N) is 1. The van der Waals surface area contributed by atoms with E-state index in [9.17, 15) is 0 Å². The van der Waals surface area contributed by atoms with Crippen LogP contribution in [0.4, 0.5) is 0 Å². The molecule has 0 spiro atoms. The Balaban J connectivity index is 1.96. The van der Waals surface area contributed by atoms with E-state index >= 15 is 0 Å². The van der Waals surface area contributed by atoms with Crippen molar-refractivity contribution in [3.05, 3.63) is 57.6 Å². The largest absolute Gasteiger partial charge is 0.493 e. The number of methoxy groups -OCH3 is 2. The van der Waals surface area contributed by atoms with E-state index in [0.717, 1.165) is 11.1 Å². The Morgan fingerprint density at radius 3 is 2.41 bits per heavy atom. The van der Waals surface area contributed by atoms with E-state index in [0.29, 0.717) is 28.2 Å². The lowest BCUT2D eigenvalue weighted by Crippen LogP contribution is -1.93. The van der Waals surface area contributed by atoms with E-state index in [1.54, 1.807) is 38.6 Å². The minimum absolute atomic E-state index is 0.306. The van der Waals surface area contributed by atoms with Crippen LogP contribution in [0.2, 0.25) is 10.0 Å². The molecule has 2 aromatic rings. The van der Waals surface area contributed by atoms with E-state index in [1.165, 1.54) is 0 Å². The molecule has 2 aromatic carbocycles. The van der Waals surface area contributed by atoms with Gasteiger partial charge in [-0.3, -0.25) is 0 Å². The maximum absolute atomic E-state index is 5.93. The first kappa shape index (κ1) is 16.5. The van der Waals surface area contributed by atoms with Crippen LogP contribution in [0.25, 0.3) is 0 Å². The smallest absolute Gasteiger partial charge is 0.161 e. The highest BCUT2D eigenvalue weighted by molar-refractivity contribution is 6.42. The first-order valence-corrected chi connectivity index (χ1v) is 7.21. The third-order valence-electron chi connectivity index (χ3n) is 2.90. The summed E-state index contributed by atoms with van der Waals surface area (Å²) in [5.74, 6) is 1.30. The Kier molecular flexibility index (Phi) is 5.92. The zero-order valence-electron chi connectivity index (χ0n) is 12.2. The van der Waals surface area contributed by atoms with Crippen LogP contribution < -0.4 is 9.47 Å². The molecule has 0 aromatic heterocycles. The van der Waals surface area contributed by atoms with Crippen LogP contribution in [0.1, 0.15) is 11.1 Å². The monoisotopic (exact) mass is 339 g/mol. The molecule has 0 radical (unpaired) electrons. The molecule has 4 nitrogen and oxygen atoms in total. The van der Waals surface area contributed by atoms with Gasteiger partial charge < -0.3 is 14.3 Å². The van der Waals surface area contributed by atoms with Crippen molar-refractivity contribution < 1.29 is 14.3 Å². The van der Waals surface area contributed by atoms with E-state index in [-0.39, 0.29) is 0 Å². The molecular formula is C16H15Cl2NO3. The van der Waals surface area contributed by atoms with Crippen molar-refractivity contribution >= 4 is 29.4 Å². The van der Waals surface area contributed by atoms with Crippen molar-refractivity contribution in [3.63, 3.8) is 0 Å². The molecule has 22 heavy (non-hydrogen) atoms. The third-order valence-corrected chi connectivity index (χ3v) is 3.64. The summed E-state index contributed by atoms with van der Waals surface area (Å²) < 4.78 is 10.4. The summed E-state index contributed by atoms with van der Waals surface area (Å²) in [7, 11) is 3.17. The number of ether oxygens (including phenoxy) is 2. The van der Waals surface area contributed by atoms with Crippen molar-refractivity contribution in [2.45, 2.75) is 6.61 Å². The summed E-state index contributed by atoms with van der Waals surface area (Å²) in [5, 5.41) is 4.93. The van der Waals surface area contributed by atoms with Gasteiger partial charge in [0.2, 0.25) is 0 Å². The Labute approximate surface area is 139 Å². The molecule has 0 aliphatic carbocycles. The Morgan fingerprint density at radius 1 is 0.955 bits per heavy atom. The zero-order chi connectivity index (χ0) is 15.9. The Morgan fingerprint density at radius 2 is 1.73 bits per heavy atom. The van der Waals surface area contributed by atoms with E-state index < -0.39 is 0 Å². The van der Waals surface area contributed by atoms with Gasteiger partial charge in [0.1, 0.15) is 6.61 Å². The molecule has 0 heterocycles. The van der Waals surface area contributed by atoms with Crippen LogP contribution in [0, 0.1) is 0 Å². The first-order chi connectivity index (χ1) is 10.6. The first-order valence-electron chi connectivity index (χ1n) is 6.45. The van der Waals surface area contributed by atoms with E-state index in [2.05, 4.69) is 5.16 Å². The molecule has 0 aliphatic heterocycles. The maximum atomic E-state index is 5.93. The van der Waals surface area contributed by atoms with Crippen LogP contribution in [-0.2, 0) is 11.4 Å². The van der Waals surface area contributed by atoms with Gasteiger partial charge in [0.25, 0.3) is 0 Å². The van der Waals surface area contributed by atoms with Crippen molar-refractivity contribution in [1.82, 2.24) is 0 Å². The van der Waals surface area contributed by atoms with Crippen LogP contribution >= 0.6 is 23.2 Å². The van der Waals surface area contributed by atoms with Crippen molar-refractivity contribution in [3.8, 4) is 11.5 Å². The fourth-order valence-corrected chi connectivity index (χ4v) is 2.09. The molecule has 0 bridgehead atoms. The van der Waals surface area contributed by atoms with Crippen LogP contribution in [0.15, 0.2) is 41.6 Å². The van der Waals surface area contributed by atoms with Gasteiger partial charge in [-0.15, -0.1) is 0 Å². The van der Waals surface area contributed by atoms with E-state index in [1.807, 2.05) is 18.2 Å². The summed E-state index contributed by atoms with van der Waals surface area (Å²) in [5.41, 5.74) is 1.73. The molecule has 0 fully saturated rings. The third kappa shape index (κ3) is 4.29. The lowest BCUT2D eigenvalue weighted by Gasteiger charge is -2.07. The van der Waals surface area contributed by atoms with Crippen LogP contribution in [-0.4, -0.2) is 20.4 Å². The van der Waals surface area contributed by atoms with Gasteiger partial charge in [-0.25, -0.2) is 0 Å². The molecule has 0 unspecified atom stereocenters. The van der Waals surface area contributed by atoms with Crippen LogP contribution in [0.3, 0.4) is 0 Å². The van der Waals surface area contributed by atoms with Gasteiger partial charge >= 0.3 is 0 Å². The van der Waals surface area contributed by atoms with Crippen molar-refractivity contribution in [2.75, 3.05) is 14.2 Å². The summed E-state index contributed by atoms with van der Waals surface area (Å²) in [6, 6.07) is 10.8. The number of hydrogen-bond donors (Lipinski definition) is 0.